The van der Waals surface area contributed by atoms with Crippen LogP contribution in [-0.4, -0.2) is 56.0 Å². The maximum atomic E-state index is 12.8. The highest BCUT2D eigenvalue weighted by Crippen LogP contribution is 2.33. The van der Waals surface area contributed by atoms with E-state index in [2.05, 4.69) is 4.98 Å². The lowest BCUT2D eigenvalue weighted by atomic mass is 10.2. The Morgan fingerprint density at radius 3 is 2.57 bits per heavy atom. The van der Waals surface area contributed by atoms with Gasteiger partial charge in [0.2, 0.25) is 5.91 Å². The summed E-state index contributed by atoms with van der Waals surface area (Å²) in [5, 5.41) is -0.396. The summed E-state index contributed by atoms with van der Waals surface area (Å²) in [6, 6.07) is 5.93. The van der Waals surface area contributed by atoms with Crippen LogP contribution in [0.25, 0.3) is 11.9 Å². The van der Waals surface area contributed by atoms with E-state index in [0.717, 1.165) is 57.8 Å². The van der Waals surface area contributed by atoms with Crippen LogP contribution < -0.4 is 0 Å². The minimum absolute atomic E-state index is 0.167. The van der Waals surface area contributed by atoms with Crippen LogP contribution >= 0.6 is 11.8 Å². The molecule has 2 aliphatic rings. The quantitative estimate of drug-likeness (QED) is 0.703. The number of imide groups is 1. The molecule has 2 aliphatic heterocycles. The number of carbonyl (C=O) groups excluding carboxylic acids is 3. The molecule has 0 bridgehead atoms. The second kappa shape index (κ2) is 8.10. The molecule has 0 radical (unpaired) electrons. The number of aromatic nitrogens is 2. The van der Waals surface area contributed by atoms with Crippen molar-refractivity contribution in [2.75, 3.05) is 19.6 Å². The van der Waals surface area contributed by atoms with Gasteiger partial charge in [0.1, 0.15) is 12.4 Å². The Hall–Kier alpha value is -2.87. The first-order valence-corrected chi connectivity index (χ1v) is 10.8. The minimum atomic E-state index is -0.407. The van der Waals surface area contributed by atoms with E-state index in [-0.39, 0.29) is 12.5 Å². The van der Waals surface area contributed by atoms with Gasteiger partial charge in [0, 0.05) is 30.7 Å². The smallest absolute Gasteiger partial charge is 0.294 e. The van der Waals surface area contributed by atoms with Crippen LogP contribution in [0, 0.1) is 20.8 Å². The van der Waals surface area contributed by atoms with E-state index in [0.29, 0.717) is 18.0 Å². The van der Waals surface area contributed by atoms with Crippen molar-refractivity contribution in [1.82, 2.24) is 19.4 Å². The summed E-state index contributed by atoms with van der Waals surface area (Å²) in [5.41, 5.74) is 3.85. The van der Waals surface area contributed by atoms with Crippen molar-refractivity contribution in [2.45, 2.75) is 33.6 Å². The van der Waals surface area contributed by atoms with Crippen LogP contribution in [0.15, 0.2) is 29.3 Å². The Kier molecular flexibility index (Phi) is 5.51. The molecule has 8 heteroatoms. The highest BCUT2D eigenvalue weighted by Gasteiger charge is 2.37. The average Bonchev–Trinajstić information content (AvgIpc) is 3.40. The number of thioether (sulfide) groups is 1. The third-order valence-corrected chi connectivity index (χ3v) is 6.41. The van der Waals surface area contributed by atoms with Crippen molar-refractivity contribution in [3.05, 3.63) is 51.8 Å². The zero-order valence-corrected chi connectivity index (χ0v) is 18.2. The number of pyridine rings is 1. The van der Waals surface area contributed by atoms with Gasteiger partial charge in [0.25, 0.3) is 11.1 Å². The van der Waals surface area contributed by atoms with Crippen LogP contribution in [0.4, 0.5) is 4.79 Å². The fraction of sp³-hybridized carbons (Fsp3) is 0.364. The molecular weight excluding hydrogens is 400 g/mol. The molecule has 30 heavy (non-hydrogen) atoms. The molecule has 0 N–H and O–H groups in total. The van der Waals surface area contributed by atoms with Crippen molar-refractivity contribution in [1.29, 1.82) is 0 Å². The van der Waals surface area contributed by atoms with Crippen molar-refractivity contribution >= 4 is 34.9 Å². The van der Waals surface area contributed by atoms with E-state index >= 15 is 0 Å². The Morgan fingerprint density at radius 1 is 1.17 bits per heavy atom. The molecule has 156 valence electrons. The summed E-state index contributed by atoms with van der Waals surface area (Å²) < 4.78 is 2.02. The van der Waals surface area contributed by atoms with Gasteiger partial charge in [0.15, 0.2) is 0 Å². The van der Waals surface area contributed by atoms with Crippen LogP contribution in [0.2, 0.25) is 0 Å². The molecule has 4 rings (SSSR count). The van der Waals surface area contributed by atoms with Gasteiger partial charge in [0.05, 0.1) is 4.91 Å². The van der Waals surface area contributed by atoms with Gasteiger partial charge >= 0.3 is 0 Å². The lowest BCUT2D eigenvalue weighted by Crippen LogP contribution is -2.40. The fourth-order valence-electron chi connectivity index (χ4n) is 3.86. The number of aryl methyl sites for hydroxylation is 2. The van der Waals surface area contributed by atoms with Crippen molar-refractivity contribution in [2.24, 2.45) is 0 Å². The first-order chi connectivity index (χ1) is 14.3. The average molecular weight is 425 g/mol. The van der Waals surface area contributed by atoms with E-state index in [1.165, 1.54) is 0 Å². The van der Waals surface area contributed by atoms with Crippen molar-refractivity contribution in [3.8, 4) is 5.82 Å². The van der Waals surface area contributed by atoms with E-state index in [4.69, 9.17) is 0 Å². The van der Waals surface area contributed by atoms with E-state index in [9.17, 15) is 14.4 Å². The zero-order valence-electron chi connectivity index (χ0n) is 17.3. The highest BCUT2D eigenvalue weighted by molar-refractivity contribution is 8.18. The zero-order chi connectivity index (χ0) is 21.4. The first kappa shape index (κ1) is 20.4. The Bertz CT molecular complexity index is 1050. The van der Waals surface area contributed by atoms with Crippen molar-refractivity contribution in [3.63, 3.8) is 0 Å². The maximum absolute atomic E-state index is 12.8. The number of amides is 3. The summed E-state index contributed by atoms with van der Waals surface area (Å²) in [6.07, 6.45) is 5.49. The molecular formula is C22H24N4O3S. The number of likely N-dealkylation sites (tertiary alicyclic amines) is 1. The predicted molar refractivity (Wildman–Crippen MR) is 116 cm³/mol. The number of nitrogens with zero attached hydrogens (tertiary/aromatic N) is 4. The largest absolute Gasteiger partial charge is 0.341 e. The number of hydrogen-bond donors (Lipinski definition) is 0. The normalized spacial score (nSPS) is 18.2. The molecule has 4 heterocycles. The molecule has 0 spiro atoms. The Balaban J connectivity index is 1.57. The van der Waals surface area contributed by atoms with Crippen LogP contribution in [0.5, 0.6) is 0 Å². The summed E-state index contributed by atoms with van der Waals surface area (Å²) in [5.74, 6) is 0.232. The lowest BCUT2D eigenvalue weighted by molar-refractivity contribution is -0.135. The molecule has 7 nitrogen and oxygen atoms in total. The lowest BCUT2D eigenvalue weighted by Gasteiger charge is -2.18. The van der Waals surface area contributed by atoms with Crippen LogP contribution in [0.3, 0.4) is 0 Å². The van der Waals surface area contributed by atoms with E-state index in [1.807, 2.05) is 49.7 Å². The van der Waals surface area contributed by atoms with E-state index in [1.54, 1.807) is 11.0 Å². The highest BCUT2D eigenvalue weighted by atomic mass is 32.2. The molecule has 0 saturated carbocycles. The van der Waals surface area contributed by atoms with Crippen LogP contribution in [-0.2, 0) is 9.59 Å². The third-order valence-electron chi connectivity index (χ3n) is 5.51. The van der Waals surface area contributed by atoms with Gasteiger partial charge in [-0.25, -0.2) is 4.98 Å². The van der Waals surface area contributed by atoms with Crippen LogP contribution in [0.1, 0.15) is 35.4 Å². The van der Waals surface area contributed by atoms with E-state index < -0.39 is 11.1 Å². The predicted octanol–water partition coefficient (Wildman–Crippen LogP) is 3.46. The van der Waals surface area contributed by atoms with Gasteiger partial charge in [-0.2, -0.15) is 0 Å². The SMILES string of the molecule is Cc1ccc(-n2c(C)cc(/C=C3/SC(=O)N(CC(=O)N4CCCC4)C3=O)c2C)nc1. The molecule has 2 aromatic heterocycles. The summed E-state index contributed by atoms with van der Waals surface area (Å²) in [6.45, 7) is 7.14. The van der Waals surface area contributed by atoms with Gasteiger partial charge in [-0.3, -0.25) is 19.3 Å². The standard InChI is InChI=1S/C22H24N4O3S/c1-14-6-7-19(23-12-14)26-15(2)10-17(16(26)3)11-18-21(28)25(22(29)30-18)13-20(27)24-8-4-5-9-24/h6-7,10-12H,4-5,8-9,13H2,1-3H3/b18-11+. The molecule has 0 atom stereocenters. The van der Waals surface area contributed by atoms with Crippen molar-refractivity contribution < 1.29 is 14.4 Å². The number of carbonyl (C=O) groups is 3. The van der Waals surface area contributed by atoms with Gasteiger partial charge in [-0.1, -0.05) is 6.07 Å². The molecule has 3 amide bonds. The number of hydrogen-bond acceptors (Lipinski definition) is 5. The topological polar surface area (TPSA) is 75.5 Å². The van der Waals surface area contributed by atoms with Gasteiger partial charge < -0.3 is 9.47 Å². The number of rotatable bonds is 4. The fourth-order valence-corrected chi connectivity index (χ4v) is 4.69. The molecule has 0 aliphatic carbocycles. The maximum Gasteiger partial charge on any atom is 0.294 e. The molecule has 2 fully saturated rings. The summed E-state index contributed by atoms with van der Waals surface area (Å²) in [4.78, 5) is 45.2. The Morgan fingerprint density at radius 2 is 1.90 bits per heavy atom. The minimum Gasteiger partial charge on any atom is -0.341 e. The second-order valence-corrected chi connectivity index (χ2v) is 8.70. The van der Waals surface area contributed by atoms with Gasteiger partial charge in [-0.15, -0.1) is 0 Å². The molecule has 2 saturated heterocycles. The third kappa shape index (κ3) is 3.79. The molecule has 0 aromatic carbocycles. The second-order valence-electron chi connectivity index (χ2n) is 7.71. The molecule has 2 aromatic rings. The summed E-state index contributed by atoms with van der Waals surface area (Å²) >= 11 is 0.886. The monoisotopic (exact) mass is 424 g/mol. The Labute approximate surface area is 179 Å². The van der Waals surface area contributed by atoms with Gasteiger partial charge in [-0.05, 0) is 74.7 Å². The summed E-state index contributed by atoms with van der Waals surface area (Å²) in [7, 11) is 0. The first-order valence-electron chi connectivity index (χ1n) is 10.0. The molecule has 0 unspecified atom stereocenters.